The minimum Gasteiger partial charge on any atom is -0.378 e. The summed E-state index contributed by atoms with van der Waals surface area (Å²) in [5, 5.41) is 10.3. The molecule has 220 valence electrons. The van der Waals surface area contributed by atoms with E-state index in [4.69, 9.17) is 21.7 Å². The fraction of sp³-hybridized carbons (Fsp3) is 0.391. The van der Waals surface area contributed by atoms with Crippen molar-refractivity contribution in [3.8, 4) is 0 Å². The van der Waals surface area contributed by atoms with Crippen LogP contribution in [0.1, 0.15) is 5.56 Å². The van der Waals surface area contributed by atoms with Gasteiger partial charge in [-0.3, -0.25) is 4.90 Å². The maximum absolute atomic E-state index is 14.8. The number of rotatable bonds is 9. The SMILES string of the molecule is O=C1O[C@@H](CNC(=S)Sc2ccc(CC(O)([PH](=O)O)[PH](O)(O)O)cc2)CN1c1ccc(N2CCOCC2)c(F)c1. The number of halogens is 1. The summed E-state index contributed by atoms with van der Waals surface area (Å²) in [6.07, 6.45) is -1.76. The monoisotopic (exact) mass is 637 g/mol. The van der Waals surface area contributed by atoms with Crippen LogP contribution >= 0.6 is 40.0 Å². The van der Waals surface area contributed by atoms with Crippen LogP contribution in [0, 0.1) is 5.82 Å². The molecule has 2 aliphatic rings. The van der Waals surface area contributed by atoms with Crippen LogP contribution in [0.25, 0.3) is 0 Å². The predicted octanol–water partition coefficient (Wildman–Crippen LogP) is 1.78. The maximum atomic E-state index is 14.8. The topological polar surface area (TPSA) is 172 Å². The molecule has 0 spiro atoms. The number of amides is 1. The molecule has 6 N–H and O–H groups in total. The number of nitrogens with zero attached hydrogens (tertiary/aromatic N) is 2. The summed E-state index contributed by atoms with van der Waals surface area (Å²) in [5.41, 5.74) is 1.14. The van der Waals surface area contributed by atoms with Crippen molar-refractivity contribution in [2.24, 2.45) is 0 Å². The molecule has 2 aromatic carbocycles. The van der Waals surface area contributed by atoms with Gasteiger partial charge in [-0.25, -0.2) is 9.18 Å². The Bertz CT molecular complexity index is 1270. The average molecular weight is 638 g/mol. The number of carbonyl (C=O) groups excluding carboxylic acids is 1. The Balaban J connectivity index is 1.28. The number of aliphatic hydroxyl groups is 1. The number of anilines is 2. The van der Waals surface area contributed by atoms with Crippen LogP contribution in [-0.4, -0.2) is 85.7 Å². The standard InChI is InChI=1S/C23H30FN3O9P2S2/c24-19-11-16(3-6-20(19)26-7-9-35-10-8-26)27-14-17(36-22(27)28)13-25-21(39)40-18-4-1-15(2-5-18)12-23(29,37(30)31)38(32,33)34/h1-6,11,17,29,32-34,37-38H,7-10,12-14H2,(H,25,39)(H,30,31)/t17-,23?/m0/s1. The van der Waals surface area contributed by atoms with Gasteiger partial charge in [0.2, 0.25) is 0 Å². The first-order valence-electron chi connectivity index (χ1n) is 12.2. The van der Waals surface area contributed by atoms with Crippen LogP contribution in [0.15, 0.2) is 47.4 Å². The van der Waals surface area contributed by atoms with Crippen molar-refractivity contribution in [3.05, 3.63) is 53.8 Å². The molecule has 2 aliphatic heterocycles. The Kier molecular flexibility index (Phi) is 10.1. The van der Waals surface area contributed by atoms with Gasteiger partial charge in [0, 0.05) is 13.1 Å². The summed E-state index contributed by atoms with van der Waals surface area (Å²) in [6, 6.07) is 10.8. The normalized spacial score (nSPS) is 20.6. The first-order valence-corrected chi connectivity index (χ1v) is 16.6. The quantitative estimate of drug-likeness (QED) is 0.134. The minimum atomic E-state index is -5.33. The summed E-state index contributed by atoms with van der Waals surface area (Å²) in [7, 11) is -9.21. The Morgan fingerprint density at radius 3 is 2.48 bits per heavy atom. The molecule has 2 aromatic rings. The zero-order chi connectivity index (χ0) is 29.1. The molecule has 0 bridgehead atoms. The summed E-state index contributed by atoms with van der Waals surface area (Å²) in [4.78, 5) is 54.0. The Labute approximate surface area is 240 Å². The first-order chi connectivity index (χ1) is 18.9. The number of thiocarbonyl (C=S) groups is 1. The molecular weight excluding hydrogens is 607 g/mol. The van der Waals surface area contributed by atoms with Gasteiger partial charge in [-0.15, -0.1) is 0 Å². The van der Waals surface area contributed by atoms with E-state index in [9.17, 15) is 38.4 Å². The third kappa shape index (κ3) is 7.29. The number of hydrogen-bond acceptors (Lipinski definition) is 11. The van der Waals surface area contributed by atoms with Crippen molar-refractivity contribution < 1.29 is 47.9 Å². The van der Waals surface area contributed by atoms with E-state index < -0.39 is 45.5 Å². The van der Waals surface area contributed by atoms with Crippen LogP contribution in [0.4, 0.5) is 20.6 Å². The molecule has 40 heavy (non-hydrogen) atoms. The van der Waals surface area contributed by atoms with E-state index in [2.05, 4.69) is 5.32 Å². The first kappa shape index (κ1) is 31.0. The summed E-state index contributed by atoms with van der Waals surface area (Å²) in [6.45, 7) is 2.65. The molecule has 3 atom stereocenters. The van der Waals surface area contributed by atoms with Crippen LogP contribution < -0.4 is 15.1 Å². The van der Waals surface area contributed by atoms with Gasteiger partial charge in [-0.2, -0.15) is 0 Å². The van der Waals surface area contributed by atoms with Crippen LogP contribution in [0.2, 0.25) is 0 Å². The van der Waals surface area contributed by atoms with Gasteiger partial charge in [-0.1, -0.05) is 0 Å². The van der Waals surface area contributed by atoms with E-state index in [0.29, 0.717) is 52.5 Å². The van der Waals surface area contributed by atoms with E-state index in [1.807, 2.05) is 4.90 Å². The number of benzene rings is 2. The van der Waals surface area contributed by atoms with Gasteiger partial charge in [0.15, 0.2) is 0 Å². The van der Waals surface area contributed by atoms with Crippen molar-refractivity contribution >= 4 is 61.7 Å². The second-order valence-corrected chi connectivity index (χ2v) is 15.0. The summed E-state index contributed by atoms with van der Waals surface area (Å²) in [5.74, 6) is -0.432. The molecule has 4 rings (SSSR count). The third-order valence-electron chi connectivity index (χ3n) is 6.45. The molecule has 0 aromatic heterocycles. The van der Waals surface area contributed by atoms with Crippen molar-refractivity contribution in [1.29, 1.82) is 0 Å². The molecule has 17 heteroatoms. The fourth-order valence-electron chi connectivity index (χ4n) is 4.21. The van der Waals surface area contributed by atoms with E-state index in [1.165, 1.54) is 34.9 Å². The molecule has 0 radical (unpaired) electrons. The van der Waals surface area contributed by atoms with Gasteiger partial charge in [0.25, 0.3) is 0 Å². The molecule has 2 unspecified atom stereocenters. The summed E-state index contributed by atoms with van der Waals surface area (Å²) < 4.78 is 37.4. The van der Waals surface area contributed by atoms with Gasteiger partial charge in [0.1, 0.15) is 5.82 Å². The van der Waals surface area contributed by atoms with E-state index in [0.717, 1.165) is 0 Å². The number of ether oxygens (including phenoxy) is 2. The number of morpholine rings is 1. The molecule has 12 nitrogen and oxygen atoms in total. The van der Waals surface area contributed by atoms with Crippen molar-refractivity contribution in [2.45, 2.75) is 22.5 Å². The van der Waals surface area contributed by atoms with Gasteiger partial charge in [-0.05, 0) is 18.2 Å². The van der Waals surface area contributed by atoms with Crippen LogP contribution in [0.5, 0.6) is 0 Å². The number of carbonyl (C=O) groups is 1. The predicted molar refractivity (Wildman–Crippen MR) is 155 cm³/mol. The van der Waals surface area contributed by atoms with Gasteiger partial charge < -0.3 is 9.64 Å². The average Bonchev–Trinajstić information content (AvgIpc) is 3.28. The summed E-state index contributed by atoms with van der Waals surface area (Å²) >= 11 is 6.53. The Hall–Kier alpha value is -1.90. The second-order valence-electron chi connectivity index (χ2n) is 9.24. The van der Waals surface area contributed by atoms with E-state index in [-0.39, 0.29) is 13.1 Å². The molecule has 2 heterocycles. The zero-order valence-corrected chi connectivity index (χ0v) is 24.7. The van der Waals surface area contributed by atoms with Crippen LogP contribution in [-0.2, 0) is 20.5 Å². The molecule has 0 aliphatic carbocycles. The number of nitrogens with one attached hydrogen (secondary N) is 1. The van der Waals surface area contributed by atoms with Crippen molar-refractivity contribution in [3.63, 3.8) is 0 Å². The second kappa shape index (κ2) is 13.0. The van der Waals surface area contributed by atoms with Gasteiger partial charge in [0.05, 0.1) is 24.6 Å². The smallest absolute Gasteiger partial charge is 0.378 e. The zero-order valence-electron chi connectivity index (χ0n) is 21.0. The Morgan fingerprint density at radius 1 is 1.20 bits per heavy atom. The molecule has 0 saturated carbocycles. The van der Waals surface area contributed by atoms with E-state index >= 15 is 0 Å². The van der Waals surface area contributed by atoms with Crippen LogP contribution in [0.3, 0.4) is 0 Å². The van der Waals surface area contributed by atoms with Crippen molar-refractivity contribution in [1.82, 2.24) is 5.32 Å². The fourth-order valence-corrected chi connectivity index (χ4v) is 7.17. The molecule has 2 fully saturated rings. The molecular formula is C23H30FN3O9P2S2. The van der Waals surface area contributed by atoms with E-state index in [1.54, 1.807) is 24.3 Å². The van der Waals surface area contributed by atoms with Crippen molar-refractivity contribution in [2.75, 3.05) is 49.2 Å². The third-order valence-corrected chi connectivity index (χ3v) is 11.5. The number of hydrogen-bond donors (Lipinski definition) is 6. The molecule has 2 saturated heterocycles. The number of thioether (sulfide) groups is 1. The number of cyclic esters (lactones) is 1. The molecule has 1 amide bonds. The minimum absolute atomic E-state index is 0.201. The Morgan fingerprint density at radius 2 is 1.88 bits per heavy atom. The van der Waals surface area contributed by atoms with Gasteiger partial charge >= 0.3 is 155 Å².